The van der Waals surface area contributed by atoms with E-state index in [1.165, 1.54) is 16.8 Å². The van der Waals surface area contributed by atoms with Gasteiger partial charge in [0.1, 0.15) is 5.75 Å². The summed E-state index contributed by atoms with van der Waals surface area (Å²) in [6.45, 7) is 11.2. The van der Waals surface area contributed by atoms with E-state index in [2.05, 4.69) is 69.0 Å². The van der Waals surface area contributed by atoms with Crippen LogP contribution >= 0.6 is 0 Å². The van der Waals surface area contributed by atoms with Gasteiger partial charge in [0.15, 0.2) is 0 Å². The Bertz CT molecular complexity index is 919. The molecule has 2 aromatic carbocycles. The van der Waals surface area contributed by atoms with Crippen LogP contribution in [0.2, 0.25) is 0 Å². The maximum absolute atomic E-state index is 13.2. The molecule has 0 aliphatic carbocycles. The van der Waals surface area contributed by atoms with Crippen LogP contribution in [-0.4, -0.2) is 85.6 Å². The quantitative estimate of drug-likeness (QED) is 0.723. The lowest BCUT2D eigenvalue weighted by Crippen LogP contribution is -2.57. The Morgan fingerprint density at radius 2 is 1.69 bits per heavy atom. The van der Waals surface area contributed by atoms with E-state index in [4.69, 9.17) is 4.74 Å². The first kappa shape index (κ1) is 21.3. The van der Waals surface area contributed by atoms with E-state index in [0.29, 0.717) is 0 Å². The summed E-state index contributed by atoms with van der Waals surface area (Å²) in [7, 11) is 0. The number of hydrogen-bond donors (Lipinski definition) is 0. The van der Waals surface area contributed by atoms with E-state index in [0.717, 1.165) is 77.7 Å². The molecule has 0 aromatic heterocycles. The molecule has 6 heteroatoms. The van der Waals surface area contributed by atoms with Crippen molar-refractivity contribution in [2.75, 3.05) is 63.9 Å². The first-order valence-corrected chi connectivity index (χ1v) is 12.0. The number of carbonyl (C=O) groups excluding carboxylic acids is 1. The van der Waals surface area contributed by atoms with Crippen LogP contribution in [0.25, 0.3) is 0 Å². The van der Waals surface area contributed by atoms with Crippen molar-refractivity contribution in [3.8, 4) is 5.75 Å². The molecule has 1 atom stereocenters. The fourth-order valence-corrected chi connectivity index (χ4v) is 5.15. The first-order valence-electron chi connectivity index (χ1n) is 12.0. The zero-order chi connectivity index (χ0) is 21.9. The highest BCUT2D eigenvalue weighted by Crippen LogP contribution is 2.26. The van der Waals surface area contributed by atoms with Crippen molar-refractivity contribution in [1.82, 2.24) is 14.7 Å². The van der Waals surface area contributed by atoms with Gasteiger partial charge in [-0.25, -0.2) is 0 Å². The summed E-state index contributed by atoms with van der Waals surface area (Å²) in [6.07, 6.45) is 1.02. The predicted molar refractivity (Wildman–Crippen MR) is 127 cm³/mol. The summed E-state index contributed by atoms with van der Waals surface area (Å²) in [5, 5.41) is 0. The highest BCUT2D eigenvalue weighted by atomic mass is 16.5. The second-order valence-electron chi connectivity index (χ2n) is 9.18. The number of ether oxygens (including phenoxy) is 1. The third kappa shape index (κ3) is 4.62. The van der Waals surface area contributed by atoms with Crippen LogP contribution in [0.1, 0.15) is 18.1 Å². The average molecular weight is 435 g/mol. The predicted octanol–water partition coefficient (Wildman–Crippen LogP) is 2.48. The van der Waals surface area contributed by atoms with Crippen molar-refractivity contribution >= 4 is 11.6 Å². The maximum atomic E-state index is 13.2. The number of piperazine rings is 2. The van der Waals surface area contributed by atoms with Crippen LogP contribution in [0.4, 0.5) is 5.69 Å². The molecule has 1 amide bonds. The minimum atomic E-state index is -0.0439. The minimum Gasteiger partial charge on any atom is -0.493 e. The summed E-state index contributed by atoms with van der Waals surface area (Å²) in [5.41, 5.74) is 3.95. The molecule has 3 heterocycles. The number of anilines is 1. The molecule has 2 fully saturated rings. The Hall–Kier alpha value is -2.57. The molecule has 32 heavy (non-hydrogen) atoms. The zero-order valence-electron chi connectivity index (χ0n) is 19.1. The topological polar surface area (TPSA) is 39.3 Å². The number of nitrogens with zero attached hydrogens (tertiary/aromatic N) is 4. The smallest absolute Gasteiger partial charge is 0.239 e. The molecule has 170 valence electrons. The molecule has 6 nitrogen and oxygen atoms in total. The third-order valence-electron chi connectivity index (χ3n) is 7.18. The van der Waals surface area contributed by atoms with Gasteiger partial charge in [0.2, 0.25) is 5.91 Å². The number of para-hydroxylation sites is 1. The van der Waals surface area contributed by atoms with Crippen molar-refractivity contribution in [2.45, 2.75) is 25.9 Å². The lowest BCUT2D eigenvalue weighted by Gasteiger charge is -2.41. The largest absolute Gasteiger partial charge is 0.493 e. The molecule has 1 unspecified atom stereocenters. The van der Waals surface area contributed by atoms with Crippen molar-refractivity contribution in [3.05, 3.63) is 59.7 Å². The van der Waals surface area contributed by atoms with Crippen LogP contribution < -0.4 is 9.64 Å². The number of carbonyl (C=O) groups is 1. The Balaban J connectivity index is 1.09. The lowest BCUT2D eigenvalue weighted by atomic mass is 10.1. The van der Waals surface area contributed by atoms with Crippen LogP contribution in [0.15, 0.2) is 48.5 Å². The molecule has 0 N–H and O–H groups in total. The molecule has 2 aromatic rings. The molecule has 3 aliphatic heterocycles. The summed E-state index contributed by atoms with van der Waals surface area (Å²) >= 11 is 0. The fourth-order valence-electron chi connectivity index (χ4n) is 5.15. The van der Waals surface area contributed by atoms with Gasteiger partial charge in [-0.1, -0.05) is 30.3 Å². The van der Waals surface area contributed by atoms with Gasteiger partial charge in [-0.2, -0.15) is 0 Å². The second kappa shape index (κ2) is 9.51. The van der Waals surface area contributed by atoms with E-state index in [9.17, 15) is 4.79 Å². The van der Waals surface area contributed by atoms with Crippen molar-refractivity contribution in [3.63, 3.8) is 0 Å². The summed E-state index contributed by atoms with van der Waals surface area (Å²) in [4.78, 5) is 22.5. The molecule has 0 saturated carbocycles. The van der Waals surface area contributed by atoms with Gasteiger partial charge in [-0.3, -0.25) is 14.6 Å². The Morgan fingerprint density at radius 1 is 0.938 bits per heavy atom. The molecular weight excluding hydrogens is 400 g/mol. The monoisotopic (exact) mass is 434 g/mol. The van der Waals surface area contributed by atoms with Gasteiger partial charge in [0.05, 0.1) is 12.6 Å². The van der Waals surface area contributed by atoms with Crippen molar-refractivity contribution < 1.29 is 9.53 Å². The molecule has 2 saturated heterocycles. The SMILES string of the molecule is CC(C(=O)N1CCN(c2ccccc2)CC1)N1CCN(Cc2ccc3c(c2)CCO3)CC1. The van der Waals surface area contributed by atoms with Gasteiger partial charge in [-0.05, 0) is 36.2 Å². The second-order valence-corrected chi connectivity index (χ2v) is 9.18. The number of benzene rings is 2. The molecule has 5 rings (SSSR count). The van der Waals surface area contributed by atoms with Gasteiger partial charge in [-0.15, -0.1) is 0 Å². The van der Waals surface area contributed by atoms with Crippen LogP contribution in [0, 0.1) is 0 Å². The number of amides is 1. The number of hydrogen-bond acceptors (Lipinski definition) is 5. The highest BCUT2D eigenvalue weighted by Gasteiger charge is 2.30. The average Bonchev–Trinajstić information content (AvgIpc) is 3.32. The molecule has 0 spiro atoms. The number of fused-ring (bicyclic) bond motifs is 1. The zero-order valence-corrected chi connectivity index (χ0v) is 19.1. The van der Waals surface area contributed by atoms with Gasteiger partial charge >= 0.3 is 0 Å². The van der Waals surface area contributed by atoms with E-state index in [1.807, 2.05) is 6.07 Å². The highest BCUT2D eigenvalue weighted by molar-refractivity contribution is 5.81. The maximum Gasteiger partial charge on any atom is 0.239 e. The van der Waals surface area contributed by atoms with Crippen LogP contribution in [0.3, 0.4) is 0 Å². The normalized spacial score (nSPS) is 20.7. The van der Waals surface area contributed by atoms with E-state index in [1.54, 1.807) is 0 Å². The van der Waals surface area contributed by atoms with Crippen molar-refractivity contribution in [1.29, 1.82) is 0 Å². The summed E-state index contributed by atoms with van der Waals surface area (Å²) < 4.78 is 5.63. The fraction of sp³-hybridized carbons (Fsp3) is 0.500. The molecular formula is C26H34N4O2. The van der Waals surface area contributed by atoms with E-state index < -0.39 is 0 Å². The Kier molecular flexibility index (Phi) is 6.32. The summed E-state index contributed by atoms with van der Waals surface area (Å²) in [5.74, 6) is 1.33. The summed E-state index contributed by atoms with van der Waals surface area (Å²) in [6, 6.07) is 17.1. The van der Waals surface area contributed by atoms with Crippen molar-refractivity contribution in [2.24, 2.45) is 0 Å². The van der Waals surface area contributed by atoms with Gasteiger partial charge < -0.3 is 14.5 Å². The van der Waals surface area contributed by atoms with E-state index in [-0.39, 0.29) is 11.9 Å². The standard InChI is InChI=1S/C26H34N4O2/c1-21(26(31)30-16-14-29(15-17-30)24-5-3-2-4-6-24)28-12-10-27(11-13-28)20-22-7-8-25-23(19-22)9-18-32-25/h2-8,19,21H,9-18,20H2,1H3. The van der Waals surface area contributed by atoms with Gasteiger partial charge in [0.25, 0.3) is 0 Å². The van der Waals surface area contributed by atoms with Crippen LogP contribution in [-0.2, 0) is 17.8 Å². The molecule has 3 aliphatic rings. The first-order chi connectivity index (χ1) is 15.7. The lowest BCUT2D eigenvalue weighted by molar-refractivity contribution is -0.137. The third-order valence-corrected chi connectivity index (χ3v) is 7.18. The Morgan fingerprint density at radius 3 is 2.44 bits per heavy atom. The molecule has 0 radical (unpaired) electrons. The Labute approximate surface area is 191 Å². The molecule has 0 bridgehead atoms. The van der Waals surface area contributed by atoms with Crippen LogP contribution in [0.5, 0.6) is 5.75 Å². The van der Waals surface area contributed by atoms with E-state index >= 15 is 0 Å². The van der Waals surface area contributed by atoms with Gasteiger partial charge in [0, 0.05) is 71.0 Å². The number of rotatable bonds is 5. The minimum absolute atomic E-state index is 0.0439.